The molecule has 0 atom stereocenters. The van der Waals surface area contributed by atoms with E-state index in [1.54, 1.807) is 6.20 Å². The summed E-state index contributed by atoms with van der Waals surface area (Å²) in [5.74, 6) is 1.29. The van der Waals surface area contributed by atoms with E-state index in [0.29, 0.717) is 17.2 Å². The quantitative estimate of drug-likeness (QED) is 0.786. The fourth-order valence-electron chi connectivity index (χ4n) is 1.57. The van der Waals surface area contributed by atoms with Crippen LogP contribution in [-0.4, -0.2) is 17.0 Å². The summed E-state index contributed by atoms with van der Waals surface area (Å²) in [4.78, 5) is 10.2. The van der Waals surface area contributed by atoms with E-state index in [2.05, 4.69) is 16.0 Å². The topological polar surface area (TPSA) is 52.8 Å². The van der Waals surface area contributed by atoms with E-state index in [1.165, 1.54) is 0 Å². The summed E-state index contributed by atoms with van der Waals surface area (Å²) in [6.45, 7) is 1.81. The van der Waals surface area contributed by atoms with Crippen molar-refractivity contribution in [3.05, 3.63) is 47.9 Å². The minimum absolute atomic E-state index is 0.474. The Kier molecular flexibility index (Phi) is 3.01. The Hall–Kier alpha value is -2.41. The minimum atomic E-state index is 0.474. The van der Waals surface area contributed by atoms with Crippen LogP contribution in [0.15, 0.2) is 36.5 Å². The van der Waals surface area contributed by atoms with E-state index in [-0.39, 0.29) is 0 Å². The first-order valence-electron chi connectivity index (χ1n) is 5.25. The van der Waals surface area contributed by atoms with Crippen molar-refractivity contribution in [3.8, 4) is 6.07 Å². The number of anilines is 2. The van der Waals surface area contributed by atoms with Crippen LogP contribution in [0.25, 0.3) is 0 Å². The molecule has 1 heterocycles. The van der Waals surface area contributed by atoms with Crippen molar-refractivity contribution in [3.63, 3.8) is 0 Å². The highest BCUT2D eigenvalue weighted by molar-refractivity contribution is 5.64. The Labute approximate surface area is 100 Å². The normalized spacial score (nSPS) is 9.71. The number of para-hydroxylation sites is 1. The number of aryl methyl sites for hydroxylation is 1. The number of benzene rings is 1. The van der Waals surface area contributed by atoms with Gasteiger partial charge in [0.15, 0.2) is 5.82 Å². The molecule has 0 aliphatic rings. The maximum absolute atomic E-state index is 9.05. The number of nitrogens with zero attached hydrogens (tertiary/aromatic N) is 4. The van der Waals surface area contributed by atoms with Crippen LogP contribution in [0.5, 0.6) is 0 Å². The van der Waals surface area contributed by atoms with Gasteiger partial charge in [-0.25, -0.2) is 9.97 Å². The number of aromatic nitrogens is 2. The summed E-state index contributed by atoms with van der Waals surface area (Å²) in [5.41, 5.74) is 1.46. The average Bonchev–Trinajstić information content (AvgIpc) is 2.39. The summed E-state index contributed by atoms with van der Waals surface area (Å²) < 4.78 is 0. The van der Waals surface area contributed by atoms with Gasteiger partial charge >= 0.3 is 0 Å². The van der Waals surface area contributed by atoms with Gasteiger partial charge in [-0.05, 0) is 19.1 Å². The third-order valence-corrected chi connectivity index (χ3v) is 2.47. The second-order valence-corrected chi connectivity index (χ2v) is 3.66. The van der Waals surface area contributed by atoms with Crippen molar-refractivity contribution >= 4 is 11.5 Å². The first-order valence-corrected chi connectivity index (χ1v) is 5.25. The maximum Gasteiger partial charge on any atom is 0.154 e. The molecule has 17 heavy (non-hydrogen) atoms. The van der Waals surface area contributed by atoms with Crippen molar-refractivity contribution in [2.45, 2.75) is 6.92 Å². The first kappa shape index (κ1) is 11.1. The molecule has 84 valence electrons. The lowest BCUT2D eigenvalue weighted by Gasteiger charge is -2.19. The highest BCUT2D eigenvalue weighted by Gasteiger charge is 2.11. The lowest BCUT2D eigenvalue weighted by atomic mass is 10.2. The van der Waals surface area contributed by atoms with Crippen LogP contribution in [0.1, 0.15) is 11.4 Å². The largest absolute Gasteiger partial charge is 0.328 e. The fraction of sp³-hybridized carbons (Fsp3) is 0.154. The highest BCUT2D eigenvalue weighted by atomic mass is 15.2. The summed E-state index contributed by atoms with van der Waals surface area (Å²) in [7, 11) is 1.89. The summed E-state index contributed by atoms with van der Waals surface area (Å²) in [5, 5.41) is 9.05. The molecule has 1 aromatic heterocycles. The fourth-order valence-corrected chi connectivity index (χ4v) is 1.57. The molecule has 0 unspecified atom stereocenters. The highest BCUT2D eigenvalue weighted by Crippen LogP contribution is 2.23. The number of hydrogen-bond donors (Lipinski definition) is 0. The molecular weight excluding hydrogens is 212 g/mol. The molecule has 0 saturated heterocycles. The summed E-state index contributed by atoms with van der Waals surface area (Å²) in [6.07, 6.45) is 1.55. The third-order valence-electron chi connectivity index (χ3n) is 2.47. The van der Waals surface area contributed by atoms with Crippen LogP contribution >= 0.6 is 0 Å². The van der Waals surface area contributed by atoms with E-state index in [0.717, 1.165) is 5.69 Å². The molecule has 0 fully saturated rings. The van der Waals surface area contributed by atoms with E-state index in [9.17, 15) is 0 Å². The van der Waals surface area contributed by atoms with Gasteiger partial charge in [0.05, 0.1) is 6.20 Å². The van der Waals surface area contributed by atoms with Crippen LogP contribution in [0.2, 0.25) is 0 Å². The van der Waals surface area contributed by atoms with Gasteiger partial charge in [0.2, 0.25) is 0 Å². The second-order valence-electron chi connectivity index (χ2n) is 3.66. The minimum Gasteiger partial charge on any atom is -0.328 e. The van der Waals surface area contributed by atoms with Gasteiger partial charge in [-0.1, -0.05) is 18.2 Å². The lowest BCUT2D eigenvalue weighted by molar-refractivity contribution is 1.00. The first-order chi connectivity index (χ1) is 8.22. The number of hydrogen-bond acceptors (Lipinski definition) is 4. The zero-order valence-electron chi connectivity index (χ0n) is 9.75. The molecule has 0 aliphatic heterocycles. The van der Waals surface area contributed by atoms with Crippen LogP contribution in [-0.2, 0) is 0 Å². The smallest absolute Gasteiger partial charge is 0.154 e. The maximum atomic E-state index is 9.05. The molecule has 0 bridgehead atoms. The van der Waals surface area contributed by atoms with Gasteiger partial charge in [0, 0.05) is 12.7 Å². The van der Waals surface area contributed by atoms with Crippen molar-refractivity contribution in [1.29, 1.82) is 5.26 Å². The molecule has 0 radical (unpaired) electrons. The van der Waals surface area contributed by atoms with Crippen molar-refractivity contribution in [2.24, 2.45) is 0 Å². The average molecular weight is 224 g/mol. The Morgan fingerprint density at radius 1 is 1.24 bits per heavy atom. The monoisotopic (exact) mass is 224 g/mol. The Balaban J connectivity index is 2.47. The molecule has 1 aromatic carbocycles. The van der Waals surface area contributed by atoms with Crippen molar-refractivity contribution < 1.29 is 0 Å². The van der Waals surface area contributed by atoms with E-state index in [4.69, 9.17) is 5.26 Å². The predicted octanol–water partition coefficient (Wildman–Crippen LogP) is 2.42. The molecule has 0 aliphatic carbocycles. The molecule has 0 N–H and O–H groups in total. The Morgan fingerprint density at radius 2 is 1.94 bits per heavy atom. The van der Waals surface area contributed by atoms with Crippen LogP contribution in [0, 0.1) is 18.3 Å². The zero-order chi connectivity index (χ0) is 12.3. The predicted molar refractivity (Wildman–Crippen MR) is 66.0 cm³/mol. The van der Waals surface area contributed by atoms with E-state index >= 15 is 0 Å². The number of nitriles is 1. The summed E-state index contributed by atoms with van der Waals surface area (Å²) in [6, 6.07) is 11.9. The van der Waals surface area contributed by atoms with Gasteiger partial charge in [0.1, 0.15) is 17.5 Å². The van der Waals surface area contributed by atoms with Crippen LogP contribution in [0.4, 0.5) is 11.5 Å². The third kappa shape index (κ3) is 2.23. The molecule has 0 saturated carbocycles. The van der Waals surface area contributed by atoms with E-state index < -0.39 is 0 Å². The standard InChI is InChI=1S/C13H12N4/c1-10-15-9-11(8-14)13(16-10)17(2)12-6-4-3-5-7-12/h3-7,9H,1-2H3. The SMILES string of the molecule is Cc1ncc(C#N)c(N(C)c2ccccc2)n1. The molecule has 4 heteroatoms. The molecule has 2 rings (SSSR count). The van der Waals surface area contributed by atoms with Gasteiger partial charge in [-0.3, -0.25) is 0 Å². The van der Waals surface area contributed by atoms with Crippen LogP contribution in [0.3, 0.4) is 0 Å². The Morgan fingerprint density at radius 3 is 2.59 bits per heavy atom. The van der Waals surface area contributed by atoms with Gasteiger partial charge in [-0.15, -0.1) is 0 Å². The molecule has 0 amide bonds. The second kappa shape index (κ2) is 4.62. The van der Waals surface area contributed by atoms with Crippen molar-refractivity contribution in [1.82, 2.24) is 9.97 Å². The molecule has 2 aromatic rings. The number of rotatable bonds is 2. The van der Waals surface area contributed by atoms with Gasteiger partial charge in [-0.2, -0.15) is 5.26 Å². The van der Waals surface area contributed by atoms with Crippen LogP contribution < -0.4 is 4.90 Å². The van der Waals surface area contributed by atoms with Crippen molar-refractivity contribution in [2.75, 3.05) is 11.9 Å². The Bertz CT molecular complexity index is 557. The molecule has 0 spiro atoms. The lowest BCUT2D eigenvalue weighted by Crippen LogP contribution is -2.13. The zero-order valence-corrected chi connectivity index (χ0v) is 9.75. The van der Waals surface area contributed by atoms with Gasteiger partial charge < -0.3 is 4.90 Å². The molecule has 4 nitrogen and oxygen atoms in total. The van der Waals surface area contributed by atoms with Gasteiger partial charge in [0.25, 0.3) is 0 Å². The van der Waals surface area contributed by atoms with E-state index in [1.807, 2.05) is 49.2 Å². The molecular formula is C13H12N4. The summed E-state index contributed by atoms with van der Waals surface area (Å²) >= 11 is 0.